The van der Waals surface area contributed by atoms with Gasteiger partial charge in [0.05, 0.1) is 22.8 Å². The number of fused-ring (bicyclic) bond motifs is 1. The Kier molecular flexibility index (Phi) is 4.28. The van der Waals surface area contributed by atoms with Crippen molar-refractivity contribution in [2.45, 2.75) is 84.2 Å². The molecule has 2 N–H and O–H groups in total. The second-order valence-electron chi connectivity index (χ2n) is 9.05. The number of aliphatic hydroxyl groups is 1. The van der Waals surface area contributed by atoms with Gasteiger partial charge in [-0.3, -0.25) is 0 Å². The first-order chi connectivity index (χ1) is 11.3. The summed E-state index contributed by atoms with van der Waals surface area (Å²) in [7, 11) is -0.513. The van der Waals surface area contributed by atoms with Crippen LogP contribution >= 0.6 is 11.6 Å². The normalized spacial score (nSPS) is 29.3. The third-order valence-corrected chi connectivity index (χ3v) is 6.57. The van der Waals surface area contributed by atoms with Crippen molar-refractivity contribution in [2.75, 3.05) is 5.32 Å². The predicted molar refractivity (Wildman–Crippen MR) is 104 cm³/mol. The van der Waals surface area contributed by atoms with Gasteiger partial charge in [-0.1, -0.05) is 24.6 Å². The van der Waals surface area contributed by atoms with E-state index in [0.29, 0.717) is 5.02 Å². The molecule has 0 unspecified atom stereocenters. The molecule has 1 fully saturated rings. The Morgan fingerprint density at radius 3 is 2.16 bits per heavy atom. The zero-order chi connectivity index (χ0) is 18.9. The molecule has 2 aliphatic rings. The first-order valence-corrected chi connectivity index (χ1v) is 9.31. The molecule has 2 heterocycles. The van der Waals surface area contributed by atoms with Crippen LogP contribution < -0.4 is 10.8 Å². The lowest BCUT2D eigenvalue weighted by Crippen LogP contribution is -2.50. The number of hydrogen-bond donors (Lipinski definition) is 2. The molecule has 0 saturated carbocycles. The van der Waals surface area contributed by atoms with Crippen molar-refractivity contribution in [3.8, 4) is 0 Å². The van der Waals surface area contributed by atoms with Crippen LogP contribution in [0.1, 0.15) is 65.5 Å². The highest BCUT2D eigenvalue weighted by Crippen LogP contribution is 2.44. The Morgan fingerprint density at radius 1 is 1.12 bits per heavy atom. The highest BCUT2D eigenvalue weighted by molar-refractivity contribution is 6.66. The first-order valence-electron chi connectivity index (χ1n) is 8.93. The molecule has 6 heteroatoms. The van der Waals surface area contributed by atoms with E-state index in [1.807, 2.05) is 54.5 Å². The van der Waals surface area contributed by atoms with E-state index < -0.39 is 30.0 Å². The molecule has 1 saturated heterocycles. The van der Waals surface area contributed by atoms with Gasteiger partial charge in [-0.25, -0.2) is 0 Å². The lowest BCUT2D eigenvalue weighted by Gasteiger charge is -2.43. The average molecular weight is 366 g/mol. The van der Waals surface area contributed by atoms with E-state index >= 15 is 0 Å². The molecule has 0 aliphatic carbocycles. The summed E-state index contributed by atoms with van der Waals surface area (Å²) in [5, 5.41) is 14.8. The zero-order valence-corrected chi connectivity index (χ0v) is 17.2. The third-order valence-electron chi connectivity index (χ3n) is 6.15. The van der Waals surface area contributed by atoms with Crippen LogP contribution in [0.25, 0.3) is 0 Å². The molecule has 0 spiro atoms. The summed E-state index contributed by atoms with van der Waals surface area (Å²) in [6.07, 6.45) is -0.537. The molecule has 3 rings (SSSR count). The van der Waals surface area contributed by atoms with Crippen LogP contribution in [0, 0.1) is 6.92 Å². The van der Waals surface area contributed by atoms with E-state index in [0.717, 1.165) is 22.3 Å². The number of anilines is 1. The summed E-state index contributed by atoms with van der Waals surface area (Å²) in [6.45, 7) is 16.2. The van der Waals surface area contributed by atoms with E-state index in [-0.39, 0.29) is 5.92 Å². The van der Waals surface area contributed by atoms with Crippen LogP contribution in [0.3, 0.4) is 0 Å². The molecule has 2 aliphatic heterocycles. The van der Waals surface area contributed by atoms with Gasteiger partial charge in [0.1, 0.15) is 0 Å². The van der Waals surface area contributed by atoms with Crippen LogP contribution in [-0.4, -0.2) is 35.1 Å². The molecular weight excluding hydrogens is 336 g/mol. The molecular formula is C19H29BClNO3. The van der Waals surface area contributed by atoms with Crippen molar-refractivity contribution in [1.82, 2.24) is 0 Å². The molecule has 4 nitrogen and oxygen atoms in total. The summed E-state index contributed by atoms with van der Waals surface area (Å²) in [5.41, 5.74) is 2.61. The van der Waals surface area contributed by atoms with Crippen molar-refractivity contribution in [3.05, 3.63) is 22.2 Å². The summed E-state index contributed by atoms with van der Waals surface area (Å²) in [6, 6.07) is 2.04. The van der Waals surface area contributed by atoms with E-state index in [1.54, 1.807) is 0 Å². The Hall–Kier alpha value is -0.745. The van der Waals surface area contributed by atoms with Crippen LogP contribution in [0.4, 0.5) is 5.69 Å². The molecule has 25 heavy (non-hydrogen) atoms. The van der Waals surface area contributed by atoms with Crippen LogP contribution in [0.5, 0.6) is 0 Å². The SMILES string of the molecule is Cc1cc(B2OC(C)(C)C(C)(C)O2)c(Cl)c2c1NC(C)(C)[C@@H](O)[C@@H]2C. The summed E-state index contributed by atoms with van der Waals surface area (Å²) in [5.74, 6) is -0.0835. The van der Waals surface area contributed by atoms with E-state index in [2.05, 4.69) is 12.2 Å². The topological polar surface area (TPSA) is 50.7 Å². The van der Waals surface area contributed by atoms with Crippen molar-refractivity contribution < 1.29 is 14.4 Å². The molecule has 138 valence electrons. The molecule has 2 atom stereocenters. The van der Waals surface area contributed by atoms with Crippen molar-refractivity contribution in [1.29, 1.82) is 0 Å². The Labute approximate surface area is 156 Å². The van der Waals surface area contributed by atoms with Crippen LogP contribution in [0.2, 0.25) is 5.02 Å². The summed E-state index contributed by atoms with van der Waals surface area (Å²) in [4.78, 5) is 0. The molecule has 0 amide bonds. The molecule has 1 aromatic carbocycles. The predicted octanol–water partition coefficient (Wildman–Crippen LogP) is 3.62. The molecule has 0 aromatic heterocycles. The van der Waals surface area contributed by atoms with Gasteiger partial charge in [0, 0.05) is 22.1 Å². The molecule has 0 bridgehead atoms. The zero-order valence-electron chi connectivity index (χ0n) is 16.5. The van der Waals surface area contributed by atoms with Gasteiger partial charge < -0.3 is 19.7 Å². The highest BCUT2D eigenvalue weighted by atomic mass is 35.5. The minimum atomic E-state index is -0.537. The van der Waals surface area contributed by atoms with Crippen molar-refractivity contribution in [3.63, 3.8) is 0 Å². The number of rotatable bonds is 1. The number of aryl methyl sites for hydroxylation is 1. The Morgan fingerprint density at radius 2 is 1.64 bits per heavy atom. The van der Waals surface area contributed by atoms with Gasteiger partial charge in [-0.15, -0.1) is 0 Å². The second-order valence-corrected chi connectivity index (χ2v) is 9.43. The maximum atomic E-state index is 10.7. The monoisotopic (exact) mass is 365 g/mol. The fourth-order valence-corrected chi connectivity index (χ4v) is 4.17. The van der Waals surface area contributed by atoms with Gasteiger partial charge in [-0.05, 0) is 59.6 Å². The second kappa shape index (κ2) is 5.62. The minimum absolute atomic E-state index is 0.0835. The molecule has 1 aromatic rings. The van der Waals surface area contributed by atoms with Crippen molar-refractivity contribution >= 4 is 29.9 Å². The first kappa shape index (κ1) is 19.0. The van der Waals surface area contributed by atoms with E-state index in [9.17, 15) is 5.11 Å². The molecule has 0 radical (unpaired) electrons. The van der Waals surface area contributed by atoms with Gasteiger partial charge >= 0.3 is 7.12 Å². The Bertz CT molecular complexity index is 701. The third kappa shape index (κ3) is 2.80. The number of benzene rings is 1. The number of hydrogen-bond acceptors (Lipinski definition) is 4. The van der Waals surface area contributed by atoms with Gasteiger partial charge in [-0.2, -0.15) is 0 Å². The smallest absolute Gasteiger partial charge is 0.399 e. The van der Waals surface area contributed by atoms with Crippen LogP contribution in [0.15, 0.2) is 6.07 Å². The fraction of sp³-hybridized carbons (Fsp3) is 0.684. The number of halogens is 1. The van der Waals surface area contributed by atoms with E-state index in [4.69, 9.17) is 20.9 Å². The average Bonchev–Trinajstić information content (AvgIpc) is 2.68. The van der Waals surface area contributed by atoms with E-state index in [1.165, 1.54) is 0 Å². The van der Waals surface area contributed by atoms with Gasteiger partial charge in [0.25, 0.3) is 0 Å². The maximum absolute atomic E-state index is 10.7. The summed E-state index contributed by atoms with van der Waals surface area (Å²) < 4.78 is 12.4. The number of aliphatic hydroxyl groups excluding tert-OH is 1. The van der Waals surface area contributed by atoms with Gasteiger partial charge in [0.15, 0.2) is 0 Å². The maximum Gasteiger partial charge on any atom is 0.496 e. The quantitative estimate of drug-likeness (QED) is 0.746. The van der Waals surface area contributed by atoms with Crippen LogP contribution in [-0.2, 0) is 9.31 Å². The minimum Gasteiger partial charge on any atom is -0.399 e. The highest BCUT2D eigenvalue weighted by Gasteiger charge is 2.53. The lowest BCUT2D eigenvalue weighted by molar-refractivity contribution is 0.00578. The fourth-order valence-electron chi connectivity index (χ4n) is 3.76. The largest absolute Gasteiger partial charge is 0.496 e. The Balaban J connectivity index is 2.10. The lowest BCUT2D eigenvalue weighted by atomic mass is 9.72. The number of nitrogens with one attached hydrogen (secondary N) is 1. The van der Waals surface area contributed by atoms with Gasteiger partial charge in [0.2, 0.25) is 0 Å². The standard InChI is InChI=1S/C19H29BClNO3/c1-10-9-12(20-24-18(5,6)19(7,8)25-20)14(21)13-11(2)16(23)17(3,4)22-15(10)13/h9,11,16,22-23H,1-8H3/t11-,16+/m1/s1. The van der Waals surface area contributed by atoms with Crippen molar-refractivity contribution in [2.24, 2.45) is 0 Å². The summed E-state index contributed by atoms with van der Waals surface area (Å²) >= 11 is 6.81.